The van der Waals surface area contributed by atoms with Gasteiger partial charge in [-0.2, -0.15) is 0 Å². The molecule has 14 atom stereocenters. The minimum atomic E-state index is -1.11. The van der Waals surface area contributed by atoms with Crippen molar-refractivity contribution >= 4 is 0 Å². The van der Waals surface area contributed by atoms with Crippen LogP contribution in [0, 0.1) is 23.7 Å². The first-order chi connectivity index (χ1) is 27.3. The fourth-order valence-electron chi connectivity index (χ4n) is 10.1. The minimum Gasteiger partial charge on any atom is -0.374 e. The van der Waals surface area contributed by atoms with Crippen LogP contribution in [0.15, 0.2) is 91.0 Å². The molecule has 0 aromatic heterocycles. The van der Waals surface area contributed by atoms with Gasteiger partial charge in [-0.15, -0.1) is 0 Å². The van der Waals surface area contributed by atoms with Crippen LogP contribution in [0.25, 0.3) is 0 Å². The maximum absolute atomic E-state index is 7.40. The molecule has 9 nitrogen and oxygen atoms in total. The molecule has 5 heterocycles. The molecular formula is C47H62O9. The van der Waals surface area contributed by atoms with Crippen molar-refractivity contribution in [2.24, 2.45) is 23.7 Å². The lowest BCUT2D eigenvalue weighted by Crippen LogP contribution is -2.64. The molecule has 304 valence electrons. The Morgan fingerprint density at radius 1 is 0.679 bits per heavy atom. The van der Waals surface area contributed by atoms with Crippen molar-refractivity contribution < 1.29 is 42.6 Å². The van der Waals surface area contributed by atoms with Crippen LogP contribution in [-0.4, -0.2) is 80.7 Å². The first-order valence-electron chi connectivity index (χ1n) is 21.1. The van der Waals surface area contributed by atoms with Crippen molar-refractivity contribution in [1.29, 1.82) is 0 Å². The van der Waals surface area contributed by atoms with Crippen LogP contribution < -0.4 is 0 Å². The van der Waals surface area contributed by atoms with E-state index in [4.69, 9.17) is 42.6 Å². The summed E-state index contributed by atoms with van der Waals surface area (Å²) in [6, 6.07) is 31.0. The summed E-state index contributed by atoms with van der Waals surface area (Å²) in [4.78, 5) is 0. The number of ether oxygens (including phenoxy) is 9. The van der Waals surface area contributed by atoms with Crippen molar-refractivity contribution in [2.75, 3.05) is 20.3 Å². The van der Waals surface area contributed by atoms with E-state index >= 15 is 0 Å². The molecule has 0 unspecified atom stereocenters. The Kier molecular flexibility index (Phi) is 12.6. The molecule has 8 rings (SSSR count). The van der Waals surface area contributed by atoms with Gasteiger partial charge in [0.1, 0.15) is 18.3 Å². The fourth-order valence-corrected chi connectivity index (χ4v) is 10.1. The van der Waals surface area contributed by atoms with E-state index in [2.05, 4.69) is 88.4 Å². The number of hydrogen-bond donors (Lipinski definition) is 0. The molecule has 3 aromatic rings. The summed E-state index contributed by atoms with van der Waals surface area (Å²) in [5, 5.41) is 0. The van der Waals surface area contributed by atoms with E-state index in [-0.39, 0.29) is 60.5 Å². The molecule has 0 aliphatic carbocycles. The lowest BCUT2D eigenvalue weighted by Gasteiger charge is -2.53. The highest BCUT2D eigenvalue weighted by molar-refractivity contribution is 5.16. The predicted octanol–water partition coefficient (Wildman–Crippen LogP) is 8.27. The second-order valence-corrected chi connectivity index (χ2v) is 17.1. The summed E-state index contributed by atoms with van der Waals surface area (Å²) in [7, 11) is 1.75. The van der Waals surface area contributed by atoms with E-state index in [1.165, 1.54) is 0 Å². The van der Waals surface area contributed by atoms with Crippen molar-refractivity contribution in [1.82, 2.24) is 0 Å². The molecule has 1 spiro atoms. The third-order valence-electron chi connectivity index (χ3n) is 13.4. The average Bonchev–Trinajstić information content (AvgIpc) is 3.67. The summed E-state index contributed by atoms with van der Waals surface area (Å²) >= 11 is 0. The Balaban J connectivity index is 1.09. The van der Waals surface area contributed by atoms with Gasteiger partial charge < -0.3 is 42.6 Å². The Morgan fingerprint density at radius 3 is 1.95 bits per heavy atom. The quantitative estimate of drug-likeness (QED) is 0.191. The lowest BCUT2D eigenvalue weighted by molar-refractivity contribution is -0.385. The van der Waals surface area contributed by atoms with Gasteiger partial charge in [0.25, 0.3) is 0 Å². The summed E-state index contributed by atoms with van der Waals surface area (Å²) in [5.74, 6) is -1.41. The monoisotopic (exact) mass is 770 g/mol. The van der Waals surface area contributed by atoms with Crippen LogP contribution in [0.4, 0.5) is 0 Å². The van der Waals surface area contributed by atoms with Crippen LogP contribution >= 0.6 is 0 Å². The molecule has 9 heteroatoms. The predicted molar refractivity (Wildman–Crippen MR) is 211 cm³/mol. The third kappa shape index (κ3) is 8.40. The number of hydrogen-bond acceptors (Lipinski definition) is 9. The van der Waals surface area contributed by atoms with Crippen molar-refractivity contribution in [3.63, 3.8) is 0 Å². The van der Waals surface area contributed by atoms with E-state index in [1.807, 2.05) is 30.3 Å². The molecule has 0 saturated carbocycles. The zero-order chi connectivity index (χ0) is 38.7. The molecule has 0 N–H and O–H groups in total. The minimum absolute atomic E-state index is 0.0959. The number of fused-ring (bicyclic) bond motifs is 3. The normalized spacial score (nSPS) is 39.8. The maximum atomic E-state index is 7.40. The van der Waals surface area contributed by atoms with Crippen LogP contribution in [0.3, 0.4) is 0 Å². The van der Waals surface area contributed by atoms with Gasteiger partial charge >= 0.3 is 0 Å². The summed E-state index contributed by atoms with van der Waals surface area (Å²) in [6.45, 7) is 11.6. The zero-order valence-electron chi connectivity index (χ0n) is 33.8. The molecule has 5 aliphatic heterocycles. The lowest BCUT2D eigenvalue weighted by atomic mass is 9.75. The average molecular weight is 771 g/mol. The zero-order valence-corrected chi connectivity index (χ0v) is 33.8. The third-order valence-corrected chi connectivity index (χ3v) is 13.4. The maximum Gasteiger partial charge on any atom is 0.197 e. The van der Waals surface area contributed by atoms with E-state index in [0.717, 1.165) is 42.4 Å². The summed E-state index contributed by atoms with van der Waals surface area (Å²) in [5.41, 5.74) is 3.36. The molecule has 5 fully saturated rings. The van der Waals surface area contributed by atoms with E-state index in [1.54, 1.807) is 7.11 Å². The molecular weight excluding hydrogens is 709 g/mol. The van der Waals surface area contributed by atoms with E-state index in [9.17, 15) is 0 Å². The second-order valence-electron chi connectivity index (χ2n) is 17.1. The molecule has 5 saturated heterocycles. The Bertz CT molecular complexity index is 1650. The van der Waals surface area contributed by atoms with Crippen LogP contribution in [0.2, 0.25) is 0 Å². The van der Waals surface area contributed by atoms with Gasteiger partial charge in [-0.3, -0.25) is 0 Å². The number of methoxy groups -OCH3 is 1. The molecule has 0 bridgehead atoms. The molecule has 0 radical (unpaired) electrons. The number of benzene rings is 3. The van der Waals surface area contributed by atoms with Gasteiger partial charge in [-0.1, -0.05) is 119 Å². The SMILES string of the molecule is CO[C@]12C[C@H]3O[C@@H](COCc4ccccc4)[C@H](OCc4ccccc4)C[C@H](C)C[C@@H]3O[C@@H]1[C@@H](C)[C@H](OCc1ccccc1)[C@@H]1O[C@]3(CCCO3)[C@@H](C)[C@H](C)[C@H]1O2. The van der Waals surface area contributed by atoms with Gasteiger partial charge in [0.15, 0.2) is 11.6 Å². The highest BCUT2D eigenvalue weighted by Gasteiger charge is 2.65. The molecule has 3 aromatic carbocycles. The fraction of sp³-hybridized carbons (Fsp3) is 0.617. The van der Waals surface area contributed by atoms with Gasteiger partial charge in [0.05, 0.1) is 63.6 Å². The Labute approximate surface area is 333 Å². The first kappa shape index (κ1) is 40.1. The highest BCUT2D eigenvalue weighted by atomic mass is 16.8. The van der Waals surface area contributed by atoms with Crippen LogP contribution in [0.5, 0.6) is 0 Å². The number of rotatable bonds is 11. The summed E-state index contributed by atoms with van der Waals surface area (Å²) in [6.07, 6.45) is 1.46. The topological polar surface area (TPSA) is 83.1 Å². The molecule has 0 amide bonds. The summed E-state index contributed by atoms with van der Waals surface area (Å²) < 4.78 is 62.3. The van der Waals surface area contributed by atoms with Crippen molar-refractivity contribution in [3.8, 4) is 0 Å². The van der Waals surface area contributed by atoms with E-state index < -0.39 is 17.7 Å². The second kappa shape index (κ2) is 17.7. The van der Waals surface area contributed by atoms with Crippen LogP contribution in [-0.2, 0) is 62.5 Å². The Morgan fingerprint density at radius 2 is 1.32 bits per heavy atom. The van der Waals surface area contributed by atoms with Gasteiger partial charge in [-0.05, 0) is 47.8 Å². The standard InChI is InChI=1S/C47H62O9/c1-31-24-38(50-28-36-18-11-7-12-19-36)41(30-49-27-35-16-9-6-10-17-35)53-40-26-47(48-5)45(54-39(40)25-31)33(3)42(51-29-37-20-13-8-14-21-37)44-43(55-47)32(2)34(4)46(56-44)22-15-23-52-46/h6-14,16-21,31-34,38-45H,15,22-30H2,1-5H3/t31-,32-,33-,34-,38+,39-,40+,41-,42-,43+,44-,45+,46+,47-/m0/s1. The smallest absolute Gasteiger partial charge is 0.197 e. The molecule has 5 aliphatic rings. The van der Waals surface area contributed by atoms with Gasteiger partial charge in [0.2, 0.25) is 0 Å². The highest BCUT2D eigenvalue weighted by Crippen LogP contribution is 2.53. The molecule has 56 heavy (non-hydrogen) atoms. The van der Waals surface area contributed by atoms with E-state index in [0.29, 0.717) is 45.4 Å². The van der Waals surface area contributed by atoms with Gasteiger partial charge in [-0.25, -0.2) is 0 Å². The van der Waals surface area contributed by atoms with Crippen molar-refractivity contribution in [3.05, 3.63) is 108 Å². The van der Waals surface area contributed by atoms with Crippen molar-refractivity contribution in [2.45, 2.75) is 140 Å². The first-order valence-corrected chi connectivity index (χ1v) is 21.1. The Hall–Kier alpha value is -2.70. The van der Waals surface area contributed by atoms with Crippen LogP contribution in [0.1, 0.15) is 76.5 Å². The largest absolute Gasteiger partial charge is 0.374 e. The van der Waals surface area contributed by atoms with Gasteiger partial charge in [0, 0.05) is 31.8 Å².